The first-order valence-electron chi connectivity index (χ1n) is 9.91. The highest BCUT2D eigenvalue weighted by molar-refractivity contribution is 5.94. The van der Waals surface area contributed by atoms with Gasteiger partial charge in [0.1, 0.15) is 24.7 Å². The zero-order chi connectivity index (χ0) is 21.6. The lowest BCUT2D eigenvalue weighted by atomic mass is 10.1. The number of allylic oxidation sites excluding steroid dienone is 1. The maximum atomic E-state index is 11.1. The molecule has 31 heavy (non-hydrogen) atoms. The Kier molecular flexibility index (Phi) is 5.98. The van der Waals surface area contributed by atoms with Crippen molar-refractivity contribution in [1.29, 1.82) is 0 Å². The van der Waals surface area contributed by atoms with Crippen molar-refractivity contribution in [2.75, 3.05) is 0 Å². The molecule has 0 aliphatic rings. The number of H-pyrrole nitrogens is 1. The normalized spacial score (nSPS) is 11.5. The van der Waals surface area contributed by atoms with E-state index >= 15 is 0 Å². The van der Waals surface area contributed by atoms with Gasteiger partial charge < -0.3 is 14.5 Å². The monoisotopic (exact) mass is 414 g/mol. The molecular weight excluding hydrogens is 392 g/mol. The molecule has 6 heteroatoms. The van der Waals surface area contributed by atoms with Crippen molar-refractivity contribution in [2.24, 2.45) is 0 Å². The highest BCUT2D eigenvalue weighted by Gasteiger charge is 2.13. The number of benzene rings is 3. The van der Waals surface area contributed by atoms with Gasteiger partial charge in [0.15, 0.2) is 0 Å². The highest BCUT2D eigenvalue weighted by Crippen LogP contribution is 2.34. The molecule has 4 aromatic rings. The number of nitro groups is 1. The van der Waals surface area contributed by atoms with Crippen LogP contribution in [0.1, 0.15) is 23.6 Å². The molecule has 3 aromatic carbocycles. The van der Waals surface area contributed by atoms with Crippen LogP contribution in [0, 0.1) is 10.1 Å². The van der Waals surface area contributed by atoms with Gasteiger partial charge in [-0.25, -0.2) is 0 Å². The van der Waals surface area contributed by atoms with Crippen LogP contribution in [-0.2, 0) is 13.2 Å². The summed E-state index contributed by atoms with van der Waals surface area (Å²) in [4.78, 5) is 13.9. The third-order valence-corrected chi connectivity index (χ3v) is 4.90. The van der Waals surface area contributed by atoms with Crippen LogP contribution in [0.4, 0.5) is 0 Å². The van der Waals surface area contributed by atoms with Crippen molar-refractivity contribution >= 4 is 17.0 Å². The lowest BCUT2D eigenvalue weighted by Gasteiger charge is -2.12. The summed E-state index contributed by atoms with van der Waals surface area (Å²) in [7, 11) is 0. The molecule has 0 aliphatic heterocycles. The van der Waals surface area contributed by atoms with E-state index < -0.39 is 4.92 Å². The van der Waals surface area contributed by atoms with Gasteiger partial charge in [-0.15, -0.1) is 0 Å². The number of fused-ring (bicyclic) bond motifs is 1. The molecule has 0 unspecified atom stereocenters. The van der Waals surface area contributed by atoms with E-state index in [4.69, 9.17) is 9.47 Å². The predicted octanol–water partition coefficient (Wildman–Crippen LogP) is 5.96. The van der Waals surface area contributed by atoms with Crippen molar-refractivity contribution in [3.05, 3.63) is 111 Å². The standard InChI is InChI=1S/C25H22N2O4/c1-18(27(28)29)12-21-15-26-25-23(21)13-22(30-16-19-8-4-2-5-9-19)14-24(25)31-17-20-10-6-3-7-11-20/h2-15,26H,16-17H2,1H3/b18-12-. The Bertz CT molecular complexity index is 1210. The first-order chi connectivity index (χ1) is 15.1. The van der Waals surface area contributed by atoms with E-state index in [1.54, 1.807) is 12.3 Å². The van der Waals surface area contributed by atoms with Crippen LogP contribution in [-0.4, -0.2) is 9.91 Å². The van der Waals surface area contributed by atoms with Crippen LogP contribution >= 0.6 is 0 Å². The van der Waals surface area contributed by atoms with Gasteiger partial charge in [-0.2, -0.15) is 0 Å². The summed E-state index contributed by atoms with van der Waals surface area (Å²) in [5, 5.41) is 11.9. The van der Waals surface area contributed by atoms with Gasteiger partial charge in [-0.1, -0.05) is 60.7 Å². The molecule has 0 aliphatic carbocycles. The highest BCUT2D eigenvalue weighted by atomic mass is 16.6. The third-order valence-electron chi connectivity index (χ3n) is 4.90. The number of aromatic nitrogens is 1. The summed E-state index contributed by atoms with van der Waals surface area (Å²) in [6, 6.07) is 23.5. The zero-order valence-electron chi connectivity index (χ0n) is 17.1. The first kappa shape index (κ1) is 20.2. The SMILES string of the molecule is C/C(=C/c1c[nH]c2c(OCc3ccccc3)cc(OCc3ccccc3)cc12)[N+](=O)[O-]. The minimum absolute atomic E-state index is 0.0586. The fourth-order valence-electron chi connectivity index (χ4n) is 3.26. The molecule has 0 saturated carbocycles. The van der Waals surface area contributed by atoms with Crippen molar-refractivity contribution in [2.45, 2.75) is 20.1 Å². The second-order valence-electron chi connectivity index (χ2n) is 7.18. The molecular formula is C25H22N2O4. The Morgan fingerprint density at radius 1 is 0.968 bits per heavy atom. The number of ether oxygens (including phenoxy) is 2. The summed E-state index contributed by atoms with van der Waals surface area (Å²) in [5.74, 6) is 1.26. The van der Waals surface area contributed by atoms with E-state index in [1.165, 1.54) is 6.92 Å². The van der Waals surface area contributed by atoms with Gasteiger partial charge in [-0.3, -0.25) is 10.1 Å². The smallest absolute Gasteiger partial charge is 0.243 e. The van der Waals surface area contributed by atoms with E-state index in [-0.39, 0.29) is 5.70 Å². The number of nitrogens with zero attached hydrogens (tertiary/aromatic N) is 1. The molecule has 0 radical (unpaired) electrons. The van der Waals surface area contributed by atoms with Gasteiger partial charge in [0.05, 0.1) is 10.4 Å². The Morgan fingerprint density at radius 2 is 1.58 bits per heavy atom. The number of nitrogens with one attached hydrogen (secondary N) is 1. The summed E-state index contributed by atoms with van der Waals surface area (Å²) >= 11 is 0. The van der Waals surface area contributed by atoms with E-state index in [2.05, 4.69) is 4.98 Å². The van der Waals surface area contributed by atoms with E-state index in [1.807, 2.05) is 72.8 Å². The lowest BCUT2D eigenvalue weighted by Crippen LogP contribution is -1.98. The van der Waals surface area contributed by atoms with Crippen molar-refractivity contribution in [3.8, 4) is 11.5 Å². The molecule has 156 valence electrons. The lowest BCUT2D eigenvalue weighted by molar-refractivity contribution is -0.422. The average Bonchev–Trinajstić information content (AvgIpc) is 3.20. The molecule has 6 nitrogen and oxygen atoms in total. The van der Waals surface area contributed by atoms with Gasteiger partial charge in [0, 0.05) is 36.2 Å². The molecule has 0 amide bonds. The van der Waals surface area contributed by atoms with Gasteiger partial charge in [0.2, 0.25) is 5.70 Å². The molecule has 0 fully saturated rings. The second kappa shape index (κ2) is 9.17. The Balaban J connectivity index is 1.68. The van der Waals surface area contributed by atoms with Crippen LogP contribution < -0.4 is 9.47 Å². The number of rotatable bonds is 8. The topological polar surface area (TPSA) is 77.4 Å². The van der Waals surface area contributed by atoms with E-state index in [9.17, 15) is 10.1 Å². The fourth-order valence-corrected chi connectivity index (χ4v) is 3.26. The molecule has 0 atom stereocenters. The predicted molar refractivity (Wildman–Crippen MR) is 120 cm³/mol. The van der Waals surface area contributed by atoms with E-state index in [0.29, 0.717) is 30.3 Å². The summed E-state index contributed by atoms with van der Waals surface area (Å²) in [6.07, 6.45) is 3.29. The molecule has 4 rings (SSSR count). The number of hydrogen-bond donors (Lipinski definition) is 1. The maximum absolute atomic E-state index is 11.1. The molecule has 0 saturated heterocycles. The van der Waals surface area contributed by atoms with Gasteiger partial charge in [-0.05, 0) is 17.2 Å². The van der Waals surface area contributed by atoms with E-state index in [0.717, 1.165) is 22.0 Å². The summed E-state index contributed by atoms with van der Waals surface area (Å²) < 4.78 is 12.1. The molecule has 1 aromatic heterocycles. The van der Waals surface area contributed by atoms with Crippen molar-refractivity contribution in [3.63, 3.8) is 0 Å². The third kappa shape index (κ3) is 4.93. The molecule has 0 bridgehead atoms. The van der Waals surface area contributed by atoms with Gasteiger partial charge in [0.25, 0.3) is 0 Å². The fraction of sp³-hybridized carbons (Fsp3) is 0.120. The molecule has 0 spiro atoms. The van der Waals surface area contributed by atoms with Crippen molar-refractivity contribution in [1.82, 2.24) is 4.98 Å². The quantitative estimate of drug-likeness (QED) is 0.285. The number of aromatic amines is 1. The maximum Gasteiger partial charge on any atom is 0.243 e. The van der Waals surface area contributed by atoms with Gasteiger partial charge >= 0.3 is 0 Å². The minimum Gasteiger partial charge on any atom is -0.489 e. The van der Waals surface area contributed by atoms with Crippen LogP contribution in [0.5, 0.6) is 11.5 Å². The molecule has 1 heterocycles. The Hall–Kier alpha value is -4.06. The van der Waals surface area contributed by atoms with Crippen LogP contribution in [0.3, 0.4) is 0 Å². The number of hydrogen-bond acceptors (Lipinski definition) is 4. The summed E-state index contributed by atoms with van der Waals surface area (Å²) in [5.41, 5.74) is 3.63. The minimum atomic E-state index is -0.401. The van der Waals surface area contributed by atoms with Crippen LogP contribution in [0.15, 0.2) is 84.7 Å². The largest absolute Gasteiger partial charge is 0.489 e. The second-order valence-corrected chi connectivity index (χ2v) is 7.18. The van der Waals surface area contributed by atoms with Crippen LogP contribution in [0.25, 0.3) is 17.0 Å². The van der Waals surface area contributed by atoms with Crippen LogP contribution in [0.2, 0.25) is 0 Å². The Morgan fingerprint density at radius 3 is 2.19 bits per heavy atom. The summed E-state index contributed by atoms with van der Waals surface area (Å²) in [6.45, 7) is 2.28. The average molecular weight is 414 g/mol. The molecule has 1 N–H and O–H groups in total. The zero-order valence-corrected chi connectivity index (χ0v) is 17.1. The first-order valence-corrected chi connectivity index (χ1v) is 9.91. The van der Waals surface area contributed by atoms with Crippen molar-refractivity contribution < 1.29 is 14.4 Å². The Labute approximate surface area is 179 Å².